The summed E-state index contributed by atoms with van der Waals surface area (Å²) >= 11 is 12.5. The van der Waals surface area contributed by atoms with E-state index in [1.54, 1.807) is 39.0 Å². The van der Waals surface area contributed by atoms with Crippen molar-refractivity contribution in [2.75, 3.05) is 0 Å². The average Bonchev–Trinajstić information content (AvgIpc) is 2.19. The fourth-order valence-corrected chi connectivity index (χ4v) is 4.27. The summed E-state index contributed by atoms with van der Waals surface area (Å²) in [4.78, 5) is 0.183. The fraction of sp³-hybridized carbons (Fsp3) is 0.455. The van der Waals surface area contributed by atoms with Gasteiger partial charge in [-0.05, 0) is 54.9 Å². The zero-order valence-corrected chi connectivity index (χ0v) is 14.9. The monoisotopic (exact) mass is 417 g/mol. The number of halogens is 3. The highest BCUT2D eigenvalue weighted by atomic mass is 79.9. The minimum absolute atomic E-state index is 0.183. The molecule has 0 aliphatic rings. The van der Waals surface area contributed by atoms with Gasteiger partial charge in [0.1, 0.15) is 0 Å². The van der Waals surface area contributed by atoms with Gasteiger partial charge in [-0.25, -0.2) is 13.1 Å². The SMILES string of the molecule is CC(Cl)C(C)(C)NS(=O)(=O)c1cc(Br)ccc1Br. The maximum atomic E-state index is 12.3. The zero-order valence-electron chi connectivity index (χ0n) is 10.2. The van der Waals surface area contributed by atoms with Gasteiger partial charge in [0.15, 0.2) is 0 Å². The Bertz CT molecular complexity index is 544. The maximum Gasteiger partial charge on any atom is 0.242 e. The fourth-order valence-electron chi connectivity index (χ4n) is 1.17. The average molecular weight is 420 g/mol. The quantitative estimate of drug-likeness (QED) is 0.753. The third kappa shape index (κ3) is 3.93. The van der Waals surface area contributed by atoms with Gasteiger partial charge in [-0.1, -0.05) is 15.9 Å². The molecule has 1 aromatic rings. The molecule has 18 heavy (non-hydrogen) atoms. The Labute approximate surface area is 130 Å². The minimum atomic E-state index is -3.63. The largest absolute Gasteiger partial charge is 0.242 e. The van der Waals surface area contributed by atoms with Crippen LogP contribution in [0.15, 0.2) is 32.0 Å². The van der Waals surface area contributed by atoms with Gasteiger partial charge in [-0.3, -0.25) is 0 Å². The maximum absolute atomic E-state index is 12.3. The van der Waals surface area contributed by atoms with Crippen LogP contribution in [0.5, 0.6) is 0 Å². The summed E-state index contributed by atoms with van der Waals surface area (Å²) in [5.74, 6) is 0. The lowest BCUT2D eigenvalue weighted by Gasteiger charge is -2.28. The molecule has 1 unspecified atom stereocenters. The molecular weight excluding hydrogens is 405 g/mol. The van der Waals surface area contributed by atoms with Gasteiger partial charge in [-0.2, -0.15) is 0 Å². The number of hydrogen-bond acceptors (Lipinski definition) is 2. The number of benzene rings is 1. The number of nitrogens with one attached hydrogen (secondary N) is 1. The lowest BCUT2D eigenvalue weighted by atomic mass is 10.0. The molecule has 0 spiro atoms. The van der Waals surface area contributed by atoms with E-state index in [1.165, 1.54) is 0 Å². The van der Waals surface area contributed by atoms with Crippen LogP contribution in [0.4, 0.5) is 0 Å². The molecule has 0 heterocycles. The Kier molecular flexibility index (Phi) is 5.29. The summed E-state index contributed by atoms with van der Waals surface area (Å²) in [5.41, 5.74) is -0.734. The molecule has 102 valence electrons. The van der Waals surface area contributed by atoms with E-state index in [1.807, 2.05) is 0 Å². The Hall–Kier alpha value is 0.380. The van der Waals surface area contributed by atoms with Crippen molar-refractivity contribution in [3.05, 3.63) is 27.1 Å². The van der Waals surface area contributed by atoms with Crippen LogP contribution in [-0.2, 0) is 10.0 Å². The van der Waals surface area contributed by atoms with E-state index in [4.69, 9.17) is 11.6 Å². The van der Waals surface area contributed by atoms with Gasteiger partial charge in [0.25, 0.3) is 0 Å². The summed E-state index contributed by atoms with van der Waals surface area (Å²) < 4.78 is 28.4. The van der Waals surface area contributed by atoms with E-state index in [9.17, 15) is 8.42 Å². The molecule has 0 bridgehead atoms. The first-order valence-corrected chi connectivity index (χ1v) is 8.70. The summed E-state index contributed by atoms with van der Waals surface area (Å²) in [6, 6.07) is 4.98. The van der Waals surface area contributed by atoms with E-state index in [2.05, 4.69) is 36.6 Å². The second-order valence-electron chi connectivity index (χ2n) is 4.52. The van der Waals surface area contributed by atoms with Crippen molar-refractivity contribution >= 4 is 53.5 Å². The van der Waals surface area contributed by atoms with Gasteiger partial charge < -0.3 is 0 Å². The van der Waals surface area contributed by atoms with Crippen molar-refractivity contribution in [2.24, 2.45) is 0 Å². The first kappa shape index (κ1) is 16.4. The molecule has 0 radical (unpaired) electrons. The van der Waals surface area contributed by atoms with Crippen molar-refractivity contribution in [3.63, 3.8) is 0 Å². The number of sulfonamides is 1. The van der Waals surface area contributed by atoms with Crippen LogP contribution in [0, 0.1) is 0 Å². The lowest BCUT2D eigenvalue weighted by Crippen LogP contribution is -2.48. The van der Waals surface area contributed by atoms with Gasteiger partial charge in [0.2, 0.25) is 10.0 Å². The highest BCUT2D eigenvalue weighted by molar-refractivity contribution is 9.11. The lowest BCUT2D eigenvalue weighted by molar-refractivity contribution is 0.445. The normalized spacial score (nSPS) is 14.6. The molecule has 0 saturated heterocycles. The van der Waals surface area contributed by atoms with Crippen molar-refractivity contribution < 1.29 is 8.42 Å². The number of rotatable bonds is 4. The molecule has 0 saturated carbocycles. The van der Waals surface area contributed by atoms with Crippen LogP contribution in [0.3, 0.4) is 0 Å². The zero-order chi connectivity index (χ0) is 14.1. The first-order valence-electron chi connectivity index (χ1n) is 5.19. The van der Waals surface area contributed by atoms with Gasteiger partial charge in [0.05, 0.1) is 4.90 Å². The van der Waals surface area contributed by atoms with E-state index in [0.29, 0.717) is 8.95 Å². The second kappa shape index (κ2) is 5.79. The summed E-state index contributed by atoms with van der Waals surface area (Å²) in [7, 11) is -3.63. The van der Waals surface area contributed by atoms with E-state index in [-0.39, 0.29) is 10.3 Å². The van der Waals surface area contributed by atoms with Crippen molar-refractivity contribution in [2.45, 2.75) is 36.6 Å². The van der Waals surface area contributed by atoms with Crippen LogP contribution in [-0.4, -0.2) is 19.3 Å². The third-order valence-corrected chi connectivity index (χ3v) is 6.28. The van der Waals surface area contributed by atoms with Crippen molar-refractivity contribution in [1.82, 2.24) is 4.72 Å². The molecule has 0 amide bonds. The molecule has 1 N–H and O–H groups in total. The molecule has 1 aromatic carbocycles. The predicted molar refractivity (Wildman–Crippen MR) is 81.6 cm³/mol. The van der Waals surface area contributed by atoms with Gasteiger partial charge in [-0.15, -0.1) is 11.6 Å². The minimum Gasteiger partial charge on any atom is -0.207 e. The van der Waals surface area contributed by atoms with Crippen molar-refractivity contribution in [1.29, 1.82) is 0 Å². The first-order chi connectivity index (χ1) is 8.06. The summed E-state index contributed by atoms with van der Waals surface area (Å²) in [5, 5.41) is -0.335. The Morgan fingerprint density at radius 3 is 2.39 bits per heavy atom. The van der Waals surface area contributed by atoms with Crippen LogP contribution in [0.1, 0.15) is 20.8 Å². The molecule has 0 aliphatic carbocycles. The van der Waals surface area contributed by atoms with Crippen LogP contribution in [0.2, 0.25) is 0 Å². The summed E-state index contributed by atoms with van der Waals surface area (Å²) in [6.45, 7) is 5.24. The van der Waals surface area contributed by atoms with E-state index in [0.717, 1.165) is 0 Å². The van der Waals surface area contributed by atoms with Crippen LogP contribution < -0.4 is 4.72 Å². The molecular formula is C11H14Br2ClNO2S. The standard InChI is InChI=1S/C11H14Br2ClNO2S/c1-7(14)11(2,3)15-18(16,17)10-6-8(12)4-5-9(10)13/h4-7,15H,1-3H3. The number of hydrogen-bond donors (Lipinski definition) is 1. The molecule has 7 heteroatoms. The Morgan fingerprint density at radius 2 is 1.89 bits per heavy atom. The van der Waals surface area contributed by atoms with Crippen LogP contribution >= 0.6 is 43.5 Å². The molecule has 3 nitrogen and oxygen atoms in total. The van der Waals surface area contributed by atoms with Gasteiger partial charge in [0, 0.05) is 19.9 Å². The highest BCUT2D eigenvalue weighted by Crippen LogP contribution is 2.27. The summed E-state index contributed by atoms with van der Waals surface area (Å²) in [6.07, 6.45) is 0. The third-order valence-electron chi connectivity index (χ3n) is 2.57. The van der Waals surface area contributed by atoms with E-state index < -0.39 is 15.6 Å². The molecule has 0 fully saturated rings. The number of alkyl halides is 1. The Morgan fingerprint density at radius 1 is 1.33 bits per heavy atom. The van der Waals surface area contributed by atoms with E-state index >= 15 is 0 Å². The molecule has 1 atom stereocenters. The van der Waals surface area contributed by atoms with Gasteiger partial charge >= 0.3 is 0 Å². The smallest absolute Gasteiger partial charge is 0.207 e. The molecule has 0 aliphatic heterocycles. The molecule has 0 aromatic heterocycles. The topological polar surface area (TPSA) is 46.2 Å². The second-order valence-corrected chi connectivity index (χ2v) is 8.59. The van der Waals surface area contributed by atoms with Crippen molar-refractivity contribution in [3.8, 4) is 0 Å². The Balaban J connectivity index is 3.19. The van der Waals surface area contributed by atoms with Crippen LogP contribution in [0.25, 0.3) is 0 Å². The molecule has 1 rings (SSSR count). The predicted octanol–water partition coefficient (Wildman–Crippen LogP) is 3.90. The highest BCUT2D eigenvalue weighted by Gasteiger charge is 2.31.